The maximum atomic E-state index is 12.7. The highest BCUT2D eigenvalue weighted by Crippen LogP contribution is 2.38. The fourth-order valence-corrected chi connectivity index (χ4v) is 2.80. The molecule has 1 saturated heterocycles. The van der Waals surface area contributed by atoms with Crippen molar-refractivity contribution in [3.63, 3.8) is 0 Å². The van der Waals surface area contributed by atoms with Crippen LogP contribution in [0.15, 0.2) is 5.38 Å². The van der Waals surface area contributed by atoms with E-state index >= 15 is 0 Å². The monoisotopic (exact) mass is 309 g/mol. The largest absolute Gasteiger partial charge is 0.419 e. The number of hydrogen-bond donors (Lipinski definition) is 2. The number of nitrogens with two attached hydrogens (primary N) is 1. The van der Waals surface area contributed by atoms with Gasteiger partial charge in [-0.15, -0.1) is 11.3 Å². The molecule has 1 aromatic heterocycles. The third kappa shape index (κ3) is 2.79. The summed E-state index contributed by atoms with van der Waals surface area (Å²) in [6.45, 7) is -0.504. The molecule has 9 heteroatoms. The molecule has 2 heterocycles. The number of hydrogen-bond acceptors (Lipinski definition) is 5. The zero-order valence-electron chi connectivity index (χ0n) is 10.5. The van der Waals surface area contributed by atoms with Crippen LogP contribution >= 0.6 is 11.3 Å². The first kappa shape index (κ1) is 15.2. The molecule has 1 atom stereocenters. The lowest BCUT2D eigenvalue weighted by atomic mass is 10.0. The number of aromatic nitrogens is 1. The first-order valence-electron chi connectivity index (χ1n) is 6.00. The predicted molar refractivity (Wildman–Crippen MR) is 66.4 cm³/mol. The summed E-state index contributed by atoms with van der Waals surface area (Å²) in [5.41, 5.74) is 2.65. The second-order valence-corrected chi connectivity index (χ2v) is 5.61. The molecular weight excluding hydrogens is 295 g/mol. The van der Waals surface area contributed by atoms with E-state index in [0.29, 0.717) is 18.0 Å². The Morgan fingerprint density at radius 3 is 2.85 bits per heavy atom. The van der Waals surface area contributed by atoms with Crippen LogP contribution in [0.25, 0.3) is 0 Å². The number of likely N-dealkylation sites (tertiary alicyclic amines) is 1. The minimum absolute atomic E-state index is 0.102. The van der Waals surface area contributed by atoms with E-state index < -0.39 is 30.7 Å². The van der Waals surface area contributed by atoms with Gasteiger partial charge in [0, 0.05) is 24.8 Å². The minimum atomic E-state index is -4.74. The normalized spacial score (nSPS) is 23.4. The molecule has 2 rings (SSSR count). The Bertz CT molecular complexity index is 505. The number of nitrogens with zero attached hydrogens (tertiary/aromatic N) is 2. The number of alkyl halides is 3. The maximum Gasteiger partial charge on any atom is 0.419 e. The fourth-order valence-electron chi connectivity index (χ4n) is 2.01. The van der Waals surface area contributed by atoms with Crippen molar-refractivity contribution in [3.8, 4) is 0 Å². The molecule has 0 bridgehead atoms. The summed E-state index contributed by atoms with van der Waals surface area (Å²) < 4.78 is 38.0. The van der Waals surface area contributed by atoms with E-state index in [9.17, 15) is 23.1 Å². The summed E-state index contributed by atoms with van der Waals surface area (Å²) in [5, 5.41) is 11.7. The average Bonchev–Trinajstić information content (AvgIpc) is 2.96. The van der Waals surface area contributed by atoms with Crippen LogP contribution in [-0.4, -0.2) is 52.3 Å². The molecule has 1 aliphatic heterocycles. The third-order valence-corrected chi connectivity index (χ3v) is 4.10. The van der Waals surface area contributed by atoms with Crippen LogP contribution < -0.4 is 5.73 Å². The number of thiazole rings is 1. The summed E-state index contributed by atoms with van der Waals surface area (Å²) in [5.74, 6) is -0.593. The smallest absolute Gasteiger partial charge is 0.379 e. The van der Waals surface area contributed by atoms with Gasteiger partial charge in [0.25, 0.3) is 5.91 Å². The molecule has 5 nitrogen and oxygen atoms in total. The van der Waals surface area contributed by atoms with E-state index in [2.05, 4.69) is 4.98 Å². The van der Waals surface area contributed by atoms with E-state index in [1.165, 1.54) is 16.7 Å². The fraction of sp³-hybridized carbons (Fsp3) is 0.636. The van der Waals surface area contributed by atoms with Gasteiger partial charge in [0.1, 0.15) is 5.69 Å². The first-order chi connectivity index (χ1) is 9.27. The lowest BCUT2D eigenvalue weighted by Gasteiger charge is -2.25. The van der Waals surface area contributed by atoms with E-state index in [-0.39, 0.29) is 12.2 Å². The highest BCUT2D eigenvalue weighted by Gasteiger charge is 2.57. The van der Waals surface area contributed by atoms with Gasteiger partial charge in [-0.05, 0) is 6.54 Å². The predicted octanol–water partition coefficient (Wildman–Crippen LogP) is 0.784. The molecule has 1 aromatic rings. The van der Waals surface area contributed by atoms with Crippen LogP contribution in [0.5, 0.6) is 0 Å². The van der Waals surface area contributed by atoms with Crippen molar-refractivity contribution in [1.82, 2.24) is 9.88 Å². The molecule has 112 valence electrons. The Hall–Kier alpha value is -1.19. The van der Waals surface area contributed by atoms with Gasteiger partial charge < -0.3 is 15.7 Å². The van der Waals surface area contributed by atoms with Crippen LogP contribution in [0.4, 0.5) is 13.2 Å². The number of carbonyl (C=O) groups excluding carboxylic acids is 1. The Morgan fingerprint density at radius 1 is 1.60 bits per heavy atom. The van der Waals surface area contributed by atoms with Gasteiger partial charge in [0.05, 0.1) is 11.6 Å². The van der Waals surface area contributed by atoms with Crippen molar-refractivity contribution in [1.29, 1.82) is 0 Å². The van der Waals surface area contributed by atoms with E-state index in [4.69, 9.17) is 5.73 Å². The second kappa shape index (κ2) is 5.30. The Labute approximate surface area is 117 Å². The quantitative estimate of drug-likeness (QED) is 0.865. The molecule has 0 spiro atoms. The summed E-state index contributed by atoms with van der Waals surface area (Å²) in [6, 6.07) is 0. The van der Waals surface area contributed by atoms with Crippen LogP contribution in [-0.2, 0) is 6.42 Å². The highest BCUT2D eigenvalue weighted by molar-refractivity contribution is 7.09. The van der Waals surface area contributed by atoms with Gasteiger partial charge in [0.15, 0.2) is 5.60 Å². The third-order valence-electron chi connectivity index (χ3n) is 3.19. The highest BCUT2D eigenvalue weighted by atomic mass is 32.1. The molecule has 0 radical (unpaired) electrons. The number of β-amino-alcohol motifs (C(OH)–C–C–N with tert-alkyl or cyclic N) is 1. The zero-order chi connectivity index (χ0) is 15.0. The molecule has 1 aliphatic rings. The summed E-state index contributed by atoms with van der Waals surface area (Å²) in [7, 11) is 0. The molecule has 0 saturated carbocycles. The van der Waals surface area contributed by atoms with Gasteiger partial charge in [-0.25, -0.2) is 4.98 Å². The molecule has 1 unspecified atom stereocenters. The van der Waals surface area contributed by atoms with Gasteiger partial charge in [-0.2, -0.15) is 13.2 Å². The topological polar surface area (TPSA) is 79.5 Å². The Kier molecular flexibility index (Phi) is 4.03. The molecule has 20 heavy (non-hydrogen) atoms. The van der Waals surface area contributed by atoms with Gasteiger partial charge in [-0.1, -0.05) is 0 Å². The van der Waals surface area contributed by atoms with Crippen molar-refractivity contribution in [2.75, 3.05) is 19.6 Å². The summed E-state index contributed by atoms with van der Waals surface area (Å²) in [4.78, 5) is 17.1. The van der Waals surface area contributed by atoms with E-state index in [1.807, 2.05) is 0 Å². The van der Waals surface area contributed by atoms with Crippen molar-refractivity contribution in [3.05, 3.63) is 16.1 Å². The van der Waals surface area contributed by atoms with Crippen molar-refractivity contribution >= 4 is 17.2 Å². The van der Waals surface area contributed by atoms with E-state index in [0.717, 1.165) is 4.90 Å². The molecule has 1 fully saturated rings. The molecule has 1 amide bonds. The molecular formula is C11H14F3N3O2S. The Morgan fingerprint density at radius 2 is 2.30 bits per heavy atom. The number of aliphatic hydroxyl groups is 1. The van der Waals surface area contributed by atoms with Crippen LogP contribution in [0.1, 0.15) is 21.9 Å². The zero-order valence-corrected chi connectivity index (χ0v) is 11.3. The number of carbonyl (C=O) groups is 1. The van der Waals surface area contributed by atoms with Crippen LogP contribution in [0.3, 0.4) is 0 Å². The van der Waals surface area contributed by atoms with Crippen LogP contribution in [0, 0.1) is 0 Å². The van der Waals surface area contributed by atoms with Gasteiger partial charge in [-0.3, -0.25) is 4.79 Å². The van der Waals surface area contributed by atoms with Gasteiger partial charge in [0.2, 0.25) is 0 Å². The summed E-state index contributed by atoms with van der Waals surface area (Å²) in [6.07, 6.45) is -4.73. The minimum Gasteiger partial charge on any atom is -0.379 e. The van der Waals surface area contributed by atoms with Gasteiger partial charge >= 0.3 is 6.18 Å². The number of rotatable bonds is 3. The number of halogens is 3. The van der Waals surface area contributed by atoms with E-state index in [1.54, 1.807) is 0 Å². The molecule has 0 aromatic carbocycles. The Balaban J connectivity index is 2.07. The number of amides is 1. The average molecular weight is 309 g/mol. The SMILES string of the molecule is NCCc1nc(C(=O)N2CCC(O)(C(F)(F)F)C2)cs1. The first-order valence-corrected chi connectivity index (χ1v) is 6.88. The molecule has 0 aliphatic carbocycles. The summed E-state index contributed by atoms with van der Waals surface area (Å²) >= 11 is 1.24. The van der Waals surface area contributed by atoms with Crippen molar-refractivity contribution in [2.45, 2.75) is 24.6 Å². The van der Waals surface area contributed by atoms with Crippen molar-refractivity contribution in [2.24, 2.45) is 5.73 Å². The lowest BCUT2D eigenvalue weighted by molar-refractivity contribution is -0.253. The standard InChI is InChI=1S/C11H14F3N3O2S/c12-11(13,14)10(19)2-4-17(6-10)9(18)7-5-20-8(16-7)1-3-15/h5,19H,1-4,6,15H2. The maximum absolute atomic E-state index is 12.7. The second-order valence-electron chi connectivity index (χ2n) is 4.67. The lowest BCUT2D eigenvalue weighted by Crippen LogP contribution is -2.48. The molecule has 3 N–H and O–H groups in total. The van der Waals surface area contributed by atoms with Crippen molar-refractivity contribution < 1.29 is 23.1 Å². The van der Waals surface area contributed by atoms with Crippen LogP contribution in [0.2, 0.25) is 0 Å².